The highest BCUT2D eigenvalue weighted by molar-refractivity contribution is 7.16. The van der Waals surface area contributed by atoms with Crippen molar-refractivity contribution in [1.82, 2.24) is 19.8 Å². The highest BCUT2D eigenvalue weighted by Gasteiger charge is 2.28. The lowest BCUT2D eigenvalue weighted by Gasteiger charge is -2.08. The summed E-state index contributed by atoms with van der Waals surface area (Å²) >= 11 is 1.54. The Kier molecular flexibility index (Phi) is 2.38. The van der Waals surface area contributed by atoms with Crippen molar-refractivity contribution in [3.63, 3.8) is 0 Å². The molecule has 6 nitrogen and oxygen atoms in total. The number of rotatable bonds is 2. The Morgan fingerprint density at radius 2 is 2.38 bits per heavy atom. The van der Waals surface area contributed by atoms with Crippen molar-refractivity contribution >= 4 is 16.3 Å². The molecule has 0 amide bonds. The highest BCUT2D eigenvalue weighted by atomic mass is 32.1. The van der Waals surface area contributed by atoms with Crippen LogP contribution < -0.4 is 5.73 Å². The van der Waals surface area contributed by atoms with E-state index in [1.54, 1.807) is 15.9 Å². The zero-order chi connectivity index (χ0) is 11.1. The molecule has 2 N–H and O–H groups in total. The van der Waals surface area contributed by atoms with E-state index in [-0.39, 0.29) is 12.2 Å². The first-order chi connectivity index (χ1) is 7.78. The number of hydrogen-bond donors (Lipinski definition) is 1. The number of aromatic nitrogens is 4. The molecule has 3 heterocycles. The SMILES string of the molecule is Cc1nnc2sc(C3CCC(CN)O3)nn12. The van der Waals surface area contributed by atoms with Gasteiger partial charge in [0.25, 0.3) is 0 Å². The summed E-state index contributed by atoms with van der Waals surface area (Å²) in [5.41, 5.74) is 5.58. The highest BCUT2D eigenvalue weighted by Crippen LogP contribution is 2.34. The fourth-order valence-electron chi connectivity index (χ4n) is 1.92. The zero-order valence-corrected chi connectivity index (χ0v) is 9.78. The molecule has 86 valence electrons. The Morgan fingerprint density at radius 1 is 1.50 bits per heavy atom. The van der Waals surface area contributed by atoms with Gasteiger partial charge in [0.15, 0.2) is 5.82 Å². The quantitative estimate of drug-likeness (QED) is 0.833. The first kappa shape index (κ1) is 10.1. The van der Waals surface area contributed by atoms with E-state index in [0.717, 1.165) is 28.6 Å². The summed E-state index contributed by atoms with van der Waals surface area (Å²) in [5.74, 6) is 0.811. The van der Waals surface area contributed by atoms with Gasteiger partial charge in [0.2, 0.25) is 4.96 Å². The largest absolute Gasteiger partial charge is 0.366 e. The summed E-state index contributed by atoms with van der Waals surface area (Å²) < 4.78 is 7.56. The lowest BCUT2D eigenvalue weighted by Crippen LogP contribution is -2.18. The minimum atomic E-state index is 0.0830. The molecule has 2 aromatic rings. The van der Waals surface area contributed by atoms with Crippen LogP contribution in [0.15, 0.2) is 0 Å². The Morgan fingerprint density at radius 3 is 3.06 bits per heavy atom. The van der Waals surface area contributed by atoms with E-state index in [1.165, 1.54) is 0 Å². The van der Waals surface area contributed by atoms with Gasteiger partial charge in [-0.3, -0.25) is 0 Å². The van der Waals surface area contributed by atoms with Crippen LogP contribution in [0.4, 0.5) is 0 Å². The van der Waals surface area contributed by atoms with Crippen LogP contribution in [0, 0.1) is 6.92 Å². The molecule has 1 fully saturated rings. The molecule has 2 aromatic heterocycles. The van der Waals surface area contributed by atoms with Crippen LogP contribution in [-0.2, 0) is 4.74 Å². The molecular weight excluding hydrogens is 226 g/mol. The molecule has 1 saturated heterocycles. The van der Waals surface area contributed by atoms with Crippen LogP contribution in [0.25, 0.3) is 4.96 Å². The molecular formula is C9H13N5OS. The summed E-state index contributed by atoms with van der Waals surface area (Å²) in [5, 5.41) is 13.4. The molecule has 0 aromatic carbocycles. The molecule has 0 saturated carbocycles. The van der Waals surface area contributed by atoms with Crippen molar-refractivity contribution < 1.29 is 4.74 Å². The average molecular weight is 239 g/mol. The van der Waals surface area contributed by atoms with Gasteiger partial charge in [-0.25, -0.2) is 0 Å². The summed E-state index contributed by atoms with van der Waals surface area (Å²) in [6.45, 7) is 2.47. The summed E-state index contributed by atoms with van der Waals surface area (Å²) in [7, 11) is 0. The van der Waals surface area contributed by atoms with Crippen molar-refractivity contribution in [1.29, 1.82) is 0 Å². The second-order valence-electron chi connectivity index (χ2n) is 3.94. The fraction of sp³-hybridized carbons (Fsp3) is 0.667. The normalized spacial score (nSPS) is 25.6. The van der Waals surface area contributed by atoms with Crippen molar-refractivity contribution in [2.75, 3.05) is 6.54 Å². The Balaban J connectivity index is 1.89. The smallest absolute Gasteiger partial charge is 0.234 e. The van der Waals surface area contributed by atoms with Crippen LogP contribution >= 0.6 is 11.3 Å². The van der Waals surface area contributed by atoms with Crippen LogP contribution in [-0.4, -0.2) is 32.5 Å². The maximum absolute atomic E-state index is 5.80. The topological polar surface area (TPSA) is 78.3 Å². The standard InChI is InChI=1S/C9H13N5OS/c1-5-11-12-9-14(5)13-8(16-9)7-3-2-6(4-10)15-7/h6-7H,2-4,10H2,1H3. The van der Waals surface area contributed by atoms with E-state index < -0.39 is 0 Å². The predicted molar refractivity (Wildman–Crippen MR) is 59.3 cm³/mol. The van der Waals surface area contributed by atoms with E-state index in [2.05, 4.69) is 15.3 Å². The van der Waals surface area contributed by atoms with Crippen molar-refractivity contribution in [2.24, 2.45) is 5.73 Å². The maximum atomic E-state index is 5.80. The number of aryl methyl sites for hydroxylation is 1. The fourth-order valence-corrected chi connectivity index (χ4v) is 2.88. The second-order valence-corrected chi connectivity index (χ2v) is 4.93. The molecule has 3 rings (SSSR count). The number of hydrogen-bond acceptors (Lipinski definition) is 6. The molecule has 0 spiro atoms. The van der Waals surface area contributed by atoms with Gasteiger partial charge in [-0.2, -0.15) is 9.61 Å². The summed E-state index contributed by atoms with van der Waals surface area (Å²) in [6.07, 6.45) is 2.27. The number of ether oxygens (including phenoxy) is 1. The van der Waals surface area contributed by atoms with Gasteiger partial charge < -0.3 is 10.5 Å². The number of nitrogens with two attached hydrogens (primary N) is 1. The molecule has 0 radical (unpaired) electrons. The van der Waals surface area contributed by atoms with Gasteiger partial charge in [0.05, 0.1) is 6.10 Å². The maximum Gasteiger partial charge on any atom is 0.234 e. The van der Waals surface area contributed by atoms with Crippen molar-refractivity contribution in [3.05, 3.63) is 10.8 Å². The van der Waals surface area contributed by atoms with Crippen LogP contribution in [0.2, 0.25) is 0 Å². The molecule has 7 heteroatoms. The number of fused-ring (bicyclic) bond motifs is 1. The third-order valence-corrected chi connectivity index (χ3v) is 3.80. The number of nitrogens with zero attached hydrogens (tertiary/aromatic N) is 4. The molecule has 2 atom stereocenters. The lowest BCUT2D eigenvalue weighted by atomic mass is 10.2. The van der Waals surface area contributed by atoms with E-state index >= 15 is 0 Å². The van der Waals surface area contributed by atoms with Crippen LogP contribution in [0.1, 0.15) is 29.8 Å². The van der Waals surface area contributed by atoms with Crippen molar-refractivity contribution in [2.45, 2.75) is 32.0 Å². The second kappa shape index (κ2) is 3.76. The van der Waals surface area contributed by atoms with E-state index in [0.29, 0.717) is 6.54 Å². The Hall–Kier alpha value is -1.05. The molecule has 1 aliphatic rings. The first-order valence-electron chi connectivity index (χ1n) is 5.32. The third-order valence-electron chi connectivity index (χ3n) is 2.81. The summed E-state index contributed by atoms with van der Waals surface area (Å²) in [4.78, 5) is 0.826. The van der Waals surface area contributed by atoms with E-state index in [4.69, 9.17) is 10.5 Å². The van der Waals surface area contributed by atoms with Crippen molar-refractivity contribution in [3.8, 4) is 0 Å². The minimum Gasteiger partial charge on any atom is -0.366 e. The molecule has 0 bridgehead atoms. The average Bonchev–Trinajstić information content (AvgIpc) is 2.95. The summed E-state index contributed by atoms with van der Waals surface area (Å²) in [6, 6.07) is 0. The van der Waals surface area contributed by atoms with Crippen LogP contribution in [0.5, 0.6) is 0 Å². The Labute approximate surface area is 96.4 Å². The molecule has 2 unspecified atom stereocenters. The van der Waals surface area contributed by atoms with Gasteiger partial charge in [-0.1, -0.05) is 11.3 Å². The zero-order valence-electron chi connectivity index (χ0n) is 8.96. The van der Waals surface area contributed by atoms with Crippen LogP contribution in [0.3, 0.4) is 0 Å². The predicted octanol–water partition coefficient (Wildman–Crippen LogP) is 0.673. The lowest BCUT2D eigenvalue weighted by molar-refractivity contribution is 0.0492. The minimum absolute atomic E-state index is 0.0830. The molecule has 16 heavy (non-hydrogen) atoms. The molecule has 0 aliphatic carbocycles. The van der Waals surface area contributed by atoms with Gasteiger partial charge in [-0.15, -0.1) is 10.2 Å². The van der Waals surface area contributed by atoms with E-state index in [1.807, 2.05) is 6.92 Å². The molecule has 1 aliphatic heterocycles. The van der Waals surface area contributed by atoms with Gasteiger partial charge in [-0.05, 0) is 19.8 Å². The Bertz CT molecular complexity index is 507. The monoisotopic (exact) mass is 239 g/mol. The van der Waals surface area contributed by atoms with Gasteiger partial charge in [0, 0.05) is 6.54 Å². The van der Waals surface area contributed by atoms with E-state index in [9.17, 15) is 0 Å². The van der Waals surface area contributed by atoms with Gasteiger partial charge >= 0.3 is 0 Å². The third kappa shape index (κ3) is 1.51. The first-order valence-corrected chi connectivity index (χ1v) is 6.14. The van der Waals surface area contributed by atoms with Gasteiger partial charge in [0.1, 0.15) is 11.1 Å².